The zero-order valence-corrected chi connectivity index (χ0v) is 11.7. The van der Waals surface area contributed by atoms with Crippen LogP contribution in [0.3, 0.4) is 0 Å². The molecule has 2 aromatic rings. The first-order valence-corrected chi connectivity index (χ1v) is 6.73. The summed E-state index contributed by atoms with van der Waals surface area (Å²) in [6, 6.07) is 12.9. The van der Waals surface area contributed by atoms with Gasteiger partial charge in [-0.3, -0.25) is 0 Å². The first-order valence-electron chi connectivity index (χ1n) is 6.73. The number of aliphatic hydroxyl groups is 1. The van der Waals surface area contributed by atoms with Gasteiger partial charge < -0.3 is 9.84 Å². The molecule has 0 aromatic heterocycles. The fourth-order valence-corrected chi connectivity index (χ4v) is 2.84. The van der Waals surface area contributed by atoms with Gasteiger partial charge in [-0.2, -0.15) is 0 Å². The second kappa shape index (κ2) is 4.06. The van der Waals surface area contributed by atoms with Crippen LogP contribution in [-0.2, 0) is 10.2 Å². The summed E-state index contributed by atoms with van der Waals surface area (Å²) in [6.07, 6.45) is 0. The van der Waals surface area contributed by atoms with Crippen LogP contribution in [0.5, 0.6) is 0 Å². The lowest BCUT2D eigenvalue weighted by atomic mass is 9.67. The second-order valence-corrected chi connectivity index (χ2v) is 6.20. The monoisotopic (exact) mass is 256 g/mol. The lowest BCUT2D eigenvalue weighted by molar-refractivity contribution is -0.157. The Morgan fingerprint density at radius 2 is 1.68 bits per heavy atom. The summed E-state index contributed by atoms with van der Waals surface area (Å²) < 4.78 is 5.39. The maximum atomic E-state index is 10.5. The molecular weight excluding hydrogens is 236 g/mol. The Balaban J connectivity index is 2.13. The Bertz CT molecular complexity index is 619. The van der Waals surface area contributed by atoms with Gasteiger partial charge in [0.15, 0.2) is 0 Å². The molecule has 0 aliphatic carbocycles. The number of hydrogen-bond acceptors (Lipinski definition) is 2. The van der Waals surface area contributed by atoms with Crippen molar-refractivity contribution in [1.29, 1.82) is 0 Å². The highest BCUT2D eigenvalue weighted by atomic mass is 16.5. The third-order valence-electron chi connectivity index (χ3n) is 4.42. The number of rotatable bonds is 2. The van der Waals surface area contributed by atoms with Crippen molar-refractivity contribution in [2.75, 3.05) is 13.2 Å². The number of hydrogen-bond donors (Lipinski definition) is 1. The number of aryl methyl sites for hydroxylation is 1. The van der Waals surface area contributed by atoms with Crippen molar-refractivity contribution in [3.8, 4) is 0 Å². The molecule has 1 saturated heterocycles. The van der Waals surface area contributed by atoms with E-state index < -0.39 is 5.60 Å². The predicted octanol–water partition coefficient (Wildman–Crippen LogP) is 3.19. The molecule has 1 heterocycles. The van der Waals surface area contributed by atoms with Crippen LogP contribution in [-0.4, -0.2) is 23.9 Å². The normalized spacial score (nSPS) is 18.3. The van der Waals surface area contributed by atoms with Gasteiger partial charge >= 0.3 is 0 Å². The van der Waals surface area contributed by atoms with Gasteiger partial charge in [-0.25, -0.2) is 0 Å². The quantitative estimate of drug-likeness (QED) is 0.894. The number of fused-ring (bicyclic) bond motifs is 1. The standard InChI is InChI=1S/C17H20O2/c1-12-4-5-14-9-15(7-6-13(14)8-12)17(10-19-11-17)16(2,3)18/h4-9,18H,10-11H2,1-3H3. The van der Waals surface area contributed by atoms with E-state index in [1.807, 2.05) is 13.8 Å². The van der Waals surface area contributed by atoms with Crippen molar-refractivity contribution in [3.05, 3.63) is 47.5 Å². The summed E-state index contributed by atoms with van der Waals surface area (Å²) in [6.45, 7) is 7.02. The molecule has 0 unspecified atom stereocenters. The minimum absolute atomic E-state index is 0.272. The van der Waals surface area contributed by atoms with Crippen molar-refractivity contribution in [1.82, 2.24) is 0 Å². The molecule has 0 bridgehead atoms. The highest BCUT2D eigenvalue weighted by molar-refractivity contribution is 5.84. The van der Waals surface area contributed by atoms with E-state index in [9.17, 15) is 5.11 Å². The van der Waals surface area contributed by atoms with Crippen molar-refractivity contribution in [2.24, 2.45) is 0 Å². The van der Waals surface area contributed by atoms with Gasteiger partial charge in [0, 0.05) is 0 Å². The molecule has 0 radical (unpaired) electrons. The molecule has 100 valence electrons. The molecule has 1 aliphatic heterocycles. The maximum Gasteiger partial charge on any atom is 0.0732 e. The summed E-state index contributed by atoms with van der Waals surface area (Å²) in [7, 11) is 0. The van der Waals surface area contributed by atoms with Crippen LogP contribution >= 0.6 is 0 Å². The molecule has 2 aromatic carbocycles. The minimum Gasteiger partial charge on any atom is -0.389 e. The van der Waals surface area contributed by atoms with E-state index in [0.29, 0.717) is 13.2 Å². The molecule has 19 heavy (non-hydrogen) atoms. The molecule has 1 N–H and O–H groups in total. The van der Waals surface area contributed by atoms with Gasteiger partial charge in [-0.05, 0) is 37.1 Å². The summed E-state index contributed by atoms with van der Waals surface area (Å²) >= 11 is 0. The Morgan fingerprint density at radius 1 is 1.05 bits per heavy atom. The van der Waals surface area contributed by atoms with Gasteiger partial charge in [0.05, 0.1) is 24.2 Å². The van der Waals surface area contributed by atoms with E-state index in [1.165, 1.54) is 21.9 Å². The van der Waals surface area contributed by atoms with Gasteiger partial charge in [-0.1, -0.05) is 42.0 Å². The first kappa shape index (κ1) is 12.6. The Kier molecular flexibility index (Phi) is 2.70. The lowest BCUT2D eigenvalue weighted by Crippen LogP contribution is -2.60. The van der Waals surface area contributed by atoms with Crippen LogP contribution in [0.2, 0.25) is 0 Å². The van der Waals surface area contributed by atoms with Crippen molar-refractivity contribution < 1.29 is 9.84 Å². The fourth-order valence-electron chi connectivity index (χ4n) is 2.84. The van der Waals surface area contributed by atoms with E-state index >= 15 is 0 Å². The maximum absolute atomic E-state index is 10.5. The zero-order chi connectivity index (χ0) is 13.7. The van der Waals surface area contributed by atoms with Crippen molar-refractivity contribution in [2.45, 2.75) is 31.8 Å². The molecule has 0 atom stereocenters. The zero-order valence-electron chi connectivity index (χ0n) is 11.7. The van der Waals surface area contributed by atoms with Crippen LogP contribution in [0.25, 0.3) is 10.8 Å². The van der Waals surface area contributed by atoms with Gasteiger partial charge in [0.25, 0.3) is 0 Å². The molecule has 2 heteroatoms. The molecule has 1 aliphatic rings. The largest absolute Gasteiger partial charge is 0.389 e. The van der Waals surface area contributed by atoms with Crippen LogP contribution in [0.4, 0.5) is 0 Å². The van der Waals surface area contributed by atoms with E-state index in [0.717, 1.165) is 0 Å². The van der Waals surface area contributed by atoms with Crippen molar-refractivity contribution in [3.63, 3.8) is 0 Å². The smallest absolute Gasteiger partial charge is 0.0732 e. The predicted molar refractivity (Wildman–Crippen MR) is 77.5 cm³/mol. The average Bonchev–Trinajstić information content (AvgIpc) is 2.25. The SMILES string of the molecule is Cc1ccc2cc(C3(C(C)(C)O)COC3)ccc2c1. The summed E-state index contributed by atoms with van der Waals surface area (Å²) in [5, 5.41) is 12.9. The van der Waals surface area contributed by atoms with Crippen LogP contribution < -0.4 is 0 Å². The summed E-state index contributed by atoms with van der Waals surface area (Å²) in [4.78, 5) is 0. The van der Waals surface area contributed by atoms with E-state index in [4.69, 9.17) is 4.74 Å². The Labute approximate surface area is 114 Å². The molecule has 0 saturated carbocycles. The average molecular weight is 256 g/mol. The molecule has 3 rings (SSSR count). The molecule has 1 fully saturated rings. The summed E-state index contributed by atoms with van der Waals surface area (Å²) in [5.74, 6) is 0. The van der Waals surface area contributed by atoms with Gasteiger partial charge in [0.2, 0.25) is 0 Å². The topological polar surface area (TPSA) is 29.5 Å². The van der Waals surface area contributed by atoms with E-state index in [1.54, 1.807) is 0 Å². The molecule has 0 spiro atoms. The third-order valence-corrected chi connectivity index (χ3v) is 4.42. The Hall–Kier alpha value is -1.38. The van der Waals surface area contributed by atoms with Crippen LogP contribution in [0.15, 0.2) is 36.4 Å². The van der Waals surface area contributed by atoms with Gasteiger partial charge in [0.1, 0.15) is 0 Å². The van der Waals surface area contributed by atoms with Crippen LogP contribution in [0, 0.1) is 6.92 Å². The van der Waals surface area contributed by atoms with E-state index in [-0.39, 0.29) is 5.41 Å². The number of ether oxygens (including phenoxy) is 1. The second-order valence-electron chi connectivity index (χ2n) is 6.20. The fraction of sp³-hybridized carbons (Fsp3) is 0.412. The minimum atomic E-state index is -0.774. The molecule has 0 amide bonds. The lowest BCUT2D eigenvalue weighted by Gasteiger charge is -2.50. The first-order chi connectivity index (χ1) is 8.92. The van der Waals surface area contributed by atoms with Gasteiger partial charge in [-0.15, -0.1) is 0 Å². The number of benzene rings is 2. The third kappa shape index (κ3) is 1.87. The van der Waals surface area contributed by atoms with Crippen molar-refractivity contribution >= 4 is 10.8 Å². The highest BCUT2D eigenvalue weighted by Crippen LogP contribution is 2.42. The Morgan fingerprint density at radius 3 is 2.26 bits per heavy atom. The summed E-state index contributed by atoms with van der Waals surface area (Å²) in [5.41, 5.74) is 1.39. The molecular formula is C17H20O2. The molecule has 2 nitrogen and oxygen atoms in total. The van der Waals surface area contributed by atoms with E-state index in [2.05, 4.69) is 43.3 Å². The highest BCUT2D eigenvalue weighted by Gasteiger charge is 2.51. The van der Waals surface area contributed by atoms with Crippen LogP contribution in [0.1, 0.15) is 25.0 Å².